The van der Waals surface area contributed by atoms with Crippen molar-refractivity contribution in [3.05, 3.63) is 53.6 Å². The van der Waals surface area contributed by atoms with E-state index in [9.17, 15) is 0 Å². The summed E-state index contributed by atoms with van der Waals surface area (Å²) < 4.78 is 0. The molecule has 2 aliphatic rings. The van der Waals surface area contributed by atoms with E-state index in [1.807, 2.05) is 11.8 Å². The molecule has 1 saturated heterocycles. The summed E-state index contributed by atoms with van der Waals surface area (Å²) in [5, 5.41) is 3.43. The number of nitrogens with one attached hydrogen (secondary N) is 1. The average Bonchev–Trinajstić information content (AvgIpc) is 2.53. The van der Waals surface area contributed by atoms with Gasteiger partial charge in [-0.2, -0.15) is 0 Å². The van der Waals surface area contributed by atoms with E-state index in [4.69, 9.17) is 0 Å². The third-order valence-corrected chi connectivity index (χ3v) is 5.35. The summed E-state index contributed by atoms with van der Waals surface area (Å²) in [7, 11) is 0. The highest BCUT2D eigenvalue weighted by molar-refractivity contribution is 7.99. The van der Waals surface area contributed by atoms with E-state index < -0.39 is 0 Å². The molecule has 1 fully saturated rings. The molecular formula is C17H18N2S. The summed E-state index contributed by atoms with van der Waals surface area (Å²) >= 11 is 1.92. The van der Waals surface area contributed by atoms with Gasteiger partial charge in [-0.3, -0.25) is 0 Å². The topological polar surface area (TPSA) is 15.3 Å². The molecule has 0 unspecified atom stereocenters. The van der Waals surface area contributed by atoms with E-state index in [0.29, 0.717) is 0 Å². The number of hydrogen-bond donors (Lipinski definition) is 1. The highest BCUT2D eigenvalue weighted by Crippen LogP contribution is 2.42. The predicted molar refractivity (Wildman–Crippen MR) is 84.9 cm³/mol. The van der Waals surface area contributed by atoms with Crippen LogP contribution in [-0.2, 0) is 6.42 Å². The number of nitrogens with zero attached hydrogens (tertiary/aromatic N) is 1. The van der Waals surface area contributed by atoms with Crippen LogP contribution in [0.15, 0.2) is 52.3 Å². The van der Waals surface area contributed by atoms with Crippen molar-refractivity contribution in [2.75, 3.05) is 31.1 Å². The van der Waals surface area contributed by atoms with Crippen LogP contribution >= 0.6 is 11.8 Å². The van der Waals surface area contributed by atoms with E-state index in [1.54, 1.807) is 0 Å². The second-order valence-corrected chi connectivity index (χ2v) is 6.46. The molecule has 2 aromatic rings. The van der Waals surface area contributed by atoms with Crippen molar-refractivity contribution < 1.29 is 0 Å². The van der Waals surface area contributed by atoms with E-state index in [2.05, 4.69) is 52.7 Å². The summed E-state index contributed by atoms with van der Waals surface area (Å²) in [6.07, 6.45) is 1.07. The van der Waals surface area contributed by atoms with Crippen LogP contribution in [0, 0.1) is 0 Å². The quantitative estimate of drug-likeness (QED) is 0.738. The van der Waals surface area contributed by atoms with Crippen molar-refractivity contribution in [1.82, 2.24) is 5.32 Å². The van der Waals surface area contributed by atoms with Crippen LogP contribution in [0.1, 0.15) is 11.1 Å². The third-order valence-electron chi connectivity index (χ3n) is 4.13. The smallest absolute Gasteiger partial charge is 0.0414 e. The molecule has 102 valence electrons. The lowest BCUT2D eigenvalue weighted by atomic mass is 10.0. The first kappa shape index (κ1) is 12.3. The third kappa shape index (κ3) is 2.11. The van der Waals surface area contributed by atoms with Crippen LogP contribution in [0.4, 0.5) is 5.69 Å². The molecule has 0 saturated carbocycles. The van der Waals surface area contributed by atoms with Gasteiger partial charge in [0.1, 0.15) is 0 Å². The molecule has 0 amide bonds. The van der Waals surface area contributed by atoms with Crippen LogP contribution in [0.2, 0.25) is 0 Å². The van der Waals surface area contributed by atoms with Crippen molar-refractivity contribution in [1.29, 1.82) is 0 Å². The van der Waals surface area contributed by atoms with Gasteiger partial charge in [-0.1, -0.05) is 36.0 Å². The maximum atomic E-state index is 3.43. The zero-order valence-corrected chi connectivity index (χ0v) is 12.2. The Labute approximate surface area is 124 Å². The van der Waals surface area contributed by atoms with Gasteiger partial charge in [-0.05, 0) is 29.3 Å². The Hall–Kier alpha value is -1.45. The maximum absolute atomic E-state index is 3.43. The Bertz CT molecular complexity index is 633. The lowest BCUT2D eigenvalue weighted by molar-refractivity contribution is 0.587. The molecule has 2 nitrogen and oxygen atoms in total. The Morgan fingerprint density at radius 3 is 2.60 bits per heavy atom. The fraction of sp³-hybridized carbons (Fsp3) is 0.294. The maximum Gasteiger partial charge on any atom is 0.0414 e. The molecule has 3 heteroatoms. The summed E-state index contributed by atoms with van der Waals surface area (Å²) in [6.45, 7) is 4.41. The SMILES string of the molecule is c1ccc2c(c1)Cc1c(cccc1N1CCNCC1)S2. The zero-order valence-electron chi connectivity index (χ0n) is 11.4. The molecule has 0 radical (unpaired) electrons. The molecule has 0 aliphatic carbocycles. The van der Waals surface area contributed by atoms with Crippen LogP contribution < -0.4 is 10.2 Å². The fourth-order valence-electron chi connectivity index (χ4n) is 3.09. The lowest BCUT2D eigenvalue weighted by Gasteiger charge is -2.33. The minimum Gasteiger partial charge on any atom is -0.369 e. The Morgan fingerprint density at radius 2 is 1.70 bits per heavy atom. The molecule has 0 spiro atoms. The summed E-state index contributed by atoms with van der Waals surface area (Å²) in [6, 6.07) is 15.5. The van der Waals surface area contributed by atoms with E-state index in [0.717, 1.165) is 32.6 Å². The molecule has 0 aromatic heterocycles. The van der Waals surface area contributed by atoms with Gasteiger partial charge in [0.15, 0.2) is 0 Å². The summed E-state index contributed by atoms with van der Waals surface area (Å²) in [4.78, 5) is 5.38. The monoisotopic (exact) mass is 282 g/mol. The Morgan fingerprint density at radius 1 is 0.900 bits per heavy atom. The first-order valence-corrected chi connectivity index (χ1v) is 8.07. The van der Waals surface area contributed by atoms with Crippen LogP contribution in [0.25, 0.3) is 0 Å². The van der Waals surface area contributed by atoms with Gasteiger partial charge in [0, 0.05) is 48.1 Å². The second-order valence-electron chi connectivity index (χ2n) is 5.38. The minimum absolute atomic E-state index is 1.07. The van der Waals surface area contributed by atoms with E-state index >= 15 is 0 Å². The fourth-order valence-corrected chi connectivity index (χ4v) is 4.19. The van der Waals surface area contributed by atoms with Crippen LogP contribution in [0.5, 0.6) is 0 Å². The van der Waals surface area contributed by atoms with Gasteiger partial charge in [-0.15, -0.1) is 0 Å². The molecular weight excluding hydrogens is 264 g/mol. The van der Waals surface area contributed by atoms with Gasteiger partial charge < -0.3 is 10.2 Å². The number of rotatable bonds is 1. The first-order chi connectivity index (χ1) is 9.92. The minimum atomic E-state index is 1.07. The number of hydrogen-bond acceptors (Lipinski definition) is 3. The molecule has 2 aromatic carbocycles. The number of piperazine rings is 1. The highest BCUT2D eigenvalue weighted by atomic mass is 32.2. The van der Waals surface area contributed by atoms with Crippen LogP contribution in [-0.4, -0.2) is 26.2 Å². The van der Waals surface area contributed by atoms with Gasteiger partial charge in [-0.25, -0.2) is 0 Å². The molecule has 2 heterocycles. The van der Waals surface area contributed by atoms with Crippen LogP contribution in [0.3, 0.4) is 0 Å². The van der Waals surface area contributed by atoms with Gasteiger partial charge in [0.2, 0.25) is 0 Å². The highest BCUT2D eigenvalue weighted by Gasteiger charge is 2.21. The normalized spacial score (nSPS) is 17.5. The molecule has 0 bridgehead atoms. The Balaban J connectivity index is 1.74. The first-order valence-electron chi connectivity index (χ1n) is 7.25. The number of fused-ring (bicyclic) bond motifs is 2. The number of anilines is 1. The van der Waals surface area contributed by atoms with Gasteiger partial charge in [0.25, 0.3) is 0 Å². The van der Waals surface area contributed by atoms with Crippen molar-refractivity contribution in [3.63, 3.8) is 0 Å². The van der Waals surface area contributed by atoms with E-state index in [1.165, 1.54) is 26.6 Å². The second kappa shape index (κ2) is 5.15. The average molecular weight is 282 g/mol. The molecule has 20 heavy (non-hydrogen) atoms. The van der Waals surface area contributed by atoms with Crippen molar-refractivity contribution >= 4 is 17.4 Å². The summed E-state index contributed by atoms with van der Waals surface area (Å²) in [5.41, 5.74) is 4.41. The van der Waals surface area contributed by atoms with Crippen molar-refractivity contribution in [3.8, 4) is 0 Å². The molecule has 1 N–H and O–H groups in total. The van der Waals surface area contributed by atoms with Crippen molar-refractivity contribution in [2.24, 2.45) is 0 Å². The molecule has 2 aliphatic heterocycles. The van der Waals surface area contributed by atoms with Gasteiger partial charge in [0.05, 0.1) is 0 Å². The zero-order chi connectivity index (χ0) is 13.4. The standard InChI is InChI=1S/C17H18N2S/c1-2-6-16-13(4-1)12-14-15(5-3-7-17(14)20-16)19-10-8-18-9-11-19/h1-7,18H,8-12H2. The van der Waals surface area contributed by atoms with Crippen molar-refractivity contribution in [2.45, 2.75) is 16.2 Å². The number of benzene rings is 2. The molecule has 4 rings (SSSR count). The van der Waals surface area contributed by atoms with E-state index in [-0.39, 0.29) is 0 Å². The Kier molecular flexibility index (Phi) is 3.17. The largest absolute Gasteiger partial charge is 0.369 e. The van der Waals surface area contributed by atoms with Gasteiger partial charge >= 0.3 is 0 Å². The predicted octanol–water partition coefficient (Wildman–Crippen LogP) is 3.15. The molecule has 0 atom stereocenters. The lowest BCUT2D eigenvalue weighted by Crippen LogP contribution is -2.44. The summed E-state index contributed by atoms with van der Waals surface area (Å²) in [5.74, 6) is 0.